The van der Waals surface area contributed by atoms with Gasteiger partial charge in [-0.25, -0.2) is 0 Å². The molecule has 0 radical (unpaired) electrons. The van der Waals surface area contributed by atoms with Gasteiger partial charge in [-0.2, -0.15) is 0 Å². The van der Waals surface area contributed by atoms with E-state index in [4.69, 9.17) is 0 Å². The van der Waals surface area contributed by atoms with Gasteiger partial charge in [-0.3, -0.25) is 0 Å². The van der Waals surface area contributed by atoms with Crippen LogP contribution in [0.15, 0.2) is 0 Å². The standard InChI is InChI=1S/C13H26N2O/c16-13(11-15-8-1-2-9-15)10-14-7-6-12-4-3-5-12/h12-14,16H,1-11H2. The highest BCUT2D eigenvalue weighted by Gasteiger charge is 2.17. The average molecular weight is 226 g/mol. The van der Waals surface area contributed by atoms with E-state index in [1.807, 2.05) is 0 Å². The zero-order valence-corrected chi connectivity index (χ0v) is 10.3. The number of aliphatic hydroxyl groups is 1. The number of β-amino-alcohol motifs (C(OH)–C–C–N with tert-alkyl or cyclic N) is 1. The molecule has 0 amide bonds. The Bertz CT molecular complexity index is 188. The number of nitrogens with one attached hydrogen (secondary N) is 1. The SMILES string of the molecule is OC(CNCCC1CCC1)CN1CCCC1. The topological polar surface area (TPSA) is 35.5 Å². The normalized spacial score (nSPS) is 24.6. The fourth-order valence-corrected chi connectivity index (χ4v) is 2.68. The third-order valence-electron chi connectivity index (χ3n) is 4.00. The molecule has 94 valence electrons. The Kier molecular flexibility index (Phi) is 5.07. The van der Waals surface area contributed by atoms with Crippen molar-refractivity contribution in [2.45, 2.75) is 44.6 Å². The molecule has 1 saturated heterocycles. The number of hydrogen-bond donors (Lipinski definition) is 2. The predicted octanol–water partition coefficient (Wildman–Crippen LogP) is 1.22. The summed E-state index contributed by atoms with van der Waals surface area (Å²) in [7, 11) is 0. The summed E-state index contributed by atoms with van der Waals surface area (Å²) in [5, 5.41) is 13.2. The van der Waals surface area contributed by atoms with E-state index >= 15 is 0 Å². The van der Waals surface area contributed by atoms with Gasteiger partial charge < -0.3 is 15.3 Å². The second-order valence-electron chi connectivity index (χ2n) is 5.45. The van der Waals surface area contributed by atoms with Crippen LogP contribution in [0.3, 0.4) is 0 Å². The zero-order chi connectivity index (χ0) is 11.2. The summed E-state index contributed by atoms with van der Waals surface area (Å²) in [6.45, 7) is 5.07. The maximum absolute atomic E-state index is 9.84. The molecule has 16 heavy (non-hydrogen) atoms. The molecule has 1 aliphatic carbocycles. The number of hydrogen-bond acceptors (Lipinski definition) is 3. The van der Waals surface area contributed by atoms with E-state index in [1.165, 1.54) is 51.6 Å². The number of rotatable bonds is 7. The summed E-state index contributed by atoms with van der Waals surface area (Å²) in [6, 6.07) is 0. The highest BCUT2D eigenvalue weighted by atomic mass is 16.3. The molecule has 1 aliphatic heterocycles. The molecule has 2 aliphatic rings. The molecule has 1 saturated carbocycles. The molecular formula is C13H26N2O. The largest absolute Gasteiger partial charge is 0.390 e. The van der Waals surface area contributed by atoms with Gasteiger partial charge in [-0.1, -0.05) is 19.3 Å². The fourth-order valence-electron chi connectivity index (χ4n) is 2.68. The lowest BCUT2D eigenvalue weighted by Gasteiger charge is -2.25. The monoisotopic (exact) mass is 226 g/mol. The van der Waals surface area contributed by atoms with Gasteiger partial charge >= 0.3 is 0 Å². The van der Waals surface area contributed by atoms with E-state index < -0.39 is 0 Å². The quantitative estimate of drug-likeness (QED) is 0.641. The molecule has 0 aromatic heterocycles. The van der Waals surface area contributed by atoms with Crippen molar-refractivity contribution in [2.24, 2.45) is 5.92 Å². The average Bonchev–Trinajstić information content (AvgIpc) is 2.67. The lowest BCUT2D eigenvalue weighted by molar-refractivity contribution is 0.122. The second-order valence-corrected chi connectivity index (χ2v) is 5.45. The fraction of sp³-hybridized carbons (Fsp3) is 1.00. The van der Waals surface area contributed by atoms with Gasteiger partial charge in [0.25, 0.3) is 0 Å². The van der Waals surface area contributed by atoms with Crippen LogP contribution in [0.5, 0.6) is 0 Å². The number of nitrogens with zero attached hydrogens (tertiary/aromatic N) is 1. The van der Waals surface area contributed by atoms with Crippen molar-refractivity contribution in [1.82, 2.24) is 10.2 Å². The van der Waals surface area contributed by atoms with Crippen LogP contribution in [0.2, 0.25) is 0 Å². The van der Waals surface area contributed by atoms with Gasteiger partial charge in [0.15, 0.2) is 0 Å². The smallest absolute Gasteiger partial charge is 0.0791 e. The molecule has 2 N–H and O–H groups in total. The number of aliphatic hydroxyl groups excluding tert-OH is 1. The lowest BCUT2D eigenvalue weighted by atomic mass is 9.83. The number of likely N-dealkylation sites (tertiary alicyclic amines) is 1. The Morgan fingerprint density at radius 2 is 1.94 bits per heavy atom. The lowest BCUT2D eigenvalue weighted by Crippen LogP contribution is -2.37. The van der Waals surface area contributed by atoms with Gasteiger partial charge in [0.2, 0.25) is 0 Å². The van der Waals surface area contributed by atoms with Crippen molar-refractivity contribution >= 4 is 0 Å². The summed E-state index contributed by atoms with van der Waals surface area (Å²) < 4.78 is 0. The summed E-state index contributed by atoms with van der Waals surface area (Å²) >= 11 is 0. The van der Waals surface area contributed by atoms with Crippen LogP contribution in [0.4, 0.5) is 0 Å². The third kappa shape index (κ3) is 4.04. The third-order valence-corrected chi connectivity index (χ3v) is 4.00. The van der Waals surface area contributed by atoms with E-state index in [9.17, 15) is 5.11 Å². The van der Waals surface area contributed by atoms with Crippen molar-refractivity contribution in [3.63, 3.8) is 0 Å². The molecule has 3 heteroatoms. The van der Waals surface area contributed by atoms with Crippen molar-refractivity contribution in [3.05, 3.63) is 0 Å². The van der Waals surface area contributed by atoms with Crippen LogP contribution in [0.1, 0.15) is 38.5 Å². The molecule has 3 nitrogen and oxygen atoms in total. The minimum atomic E-state index is -0.181. The molecule has 0 aromatic carbocycles. The molecule has 1 atom stereocenters. The maximum Gasteiger partial charge on any atom is 0.0791 e. The summed E-state index contributed by atoms with van der Waals surface area (Å²) in [4.78, 5) is 2.37. The van der Waals surface area contributed by atoms with Gasteiger partial charge in [-0.05, 0) is 44.8 Å². The molecule has 1 heterocycles. The zero-order valence-electron chi connectivity index (χ0n) is 10.3. The summed E-state index contributed by atoms with van der Waals surface area (Å²) in [5.74, 6) is 0.975. The Morgan fingerprint density at radius 3 is 2.56 bits per heavy atom. The first-order valence-electron chi connectivity index (χ1n) is 6.96. The Hall–Kier alpha value is -0.120. The first-order chi connectivity index (χ1) is 7.84. The highest BCUT2D eigenvalue weighted by molar-refractivity contribution is 4.73. The van der Waals surface area contributed by atoms with Crippen LogP contribution in [0, 0.1) is 5.92 Å². The Balaban J connectivity index is 1.44. The van der Waals surface area contributed by atoms with Gasteiger partial charge in [0.1, 0.15) is 0 Å². The first-order valence-corrected chi connectivity index (χ1v) is 6.96. The van der Waals surface area contributed by atoms with E-state index in [1.54, 1.807) is 0 Å². The Morgan fingerprint density at radius 1 is 1.19 bits per heavy atom. The molecule has 0 bridgehead atoms. The van der Waals surface area contributed by atoms with Crippen LogP contribution in [-0.2, 0) is 0 Å². The molecule has 2 fully saturated rings. The van der Waals surface area contributed by atoms with Gasteiger partial charge in [0.05, 0.1) is 6.10 Å². The predicted molar refractivity (Wildman–Crippen MR) is 66.5 cm³/mol. The maximum atomic E-state index is 9.84. The minimum absolute atomic E-state index is 0.181. The van der Waals surface area contributed by atoms with E-state index in [2.05, 4.69) is 10.2 Å². The highest BCUT2D eigenvalue weighted by Crippen LogP contribution is 2.28. The van der Waals surface area contributed by atoms with Crippen molar-refractivity contribution in [1.29, 1.82) is 0 Å². The molecule has 0 spiro atoms. The van der Waals surface area contributed by atoms with Crippen molar-refractivity contribution in [3.8, 4) is 0 Å². The second kappa shape index (κ2) is 6.58. The summed E-state index contributed by atoms with van der Waals surface area (Å²) in [6.07, 6.45) is 8.03. The van der Waals surface area contributed by atoms with Crippen molar-refractivity contribution < 1.29 is 5.11 Å². The summed E-state index contributed by atoms with van der Waals surface area (Å²) in [5.41, 5.74) is 0. The molecular weight excluding hydrogens is 200 g/mol. The molecule has 0 aromatic rings. The van der Waals surface area contributed by atoms with Crippen LogP contribution in [0.25, 0.3) is 0 Å². The van der Waals surface area contributed by atoms with Crippen LogP contribution in [-0.4, -0.2) is 48.8 Å². The minimum Gasteiger partial charge on any atom is -0.390 e. The van der Waals surface area contributed by atoms with Crippen LogP contribution < -0.4 is 5.32 Å². The van der Waals surface area contributed by atoms with Crippen molar-refractivity contribution in [2.75, 3.05) is 32.7 Å². The van der Waals surface area contributed by atoms with E-state index in [0.29, 0.717) is 0 Å². The van der Waals surface area contributed by atoms with Gasteiger partial charge in [0, 0.05) is 13.1 Å². The van der Waals surface area contributed by atoms with Gasteiger partial charge in [-0.15, -0.1) is 0 Å². The van der Waals surface area contributed by atoms with Crippen LogP contribution >= 0.6 is 0 Å². The Labute approximate surface area is 99.2 Å². The molecule has 1 unspecified atom stereocenters. The molecule has 2 rings (SSSR count). The first kappa shape index (κ1) is 12.3. The van der Waals surface area contributed by atoms with E-state index in [-0.39, 0.29) is 6.10 Å². The van der Waals surface area contributed by atoms with E-state index in [0.717, 1.165) is 25.6 Å².